The van der Waals surface area contributed by atoms with Gasteiger partial charge in [-0.3, -0.25) is 4.90 Å². The normalized spacial score (nSPS) is 24.9. The number of rotatable bonds is 2. The van der Waals surface area contributed by atoms with Crippen LogP contribution in [0.5, 0.6) is 0 Å². The van der Waals surface area contributed by atoms with Crippen LogP contribution in [0.4, 0.5) is 0 Å². The van der Waals surface area contributed by atoms with E-state index in [0.29, 0.717) is 12.1 Å². The van der Waals surface area contributed by atoms with Crippen molar-refractivity contribution in [1.29, 1.82) is 0 Å². The van der Waals surface area contributed by atoms with Crippen LogP contribution in [0.1, 0.15) is 62.9 Å². The van der Waals surface area contributed by atoms with Gasteiger partial charge in [-0.05, 0) is 51.4 Å². The third-order valence-corrected chi connectivity index (χ3v) is 5.23. The highest BCUT2D eigenvalue weighted by atomic mass is 15.2. The standard InChI is InChI=1S/C17H24N4/c1-20-12-6-10-15(20)17-19-14-9-5-11-18-16(14)21(17)13-7-3-2-4-8-13/h5,9,11,13,15H,2-4,6-8,10,12H2,1H3. The predicted octanol–water partition coefficient (Wildman–Crippen LogP) is 3.70. The van der Waals surface area contributed by atoms with E-state index in [-0.39, 0.29) is 0 Å². The summed E-state index contributed by atoms with van der Waals surface area (Å²) in [6.07, 6.45) is 11.1. The van der Waals surface area contributed by atoms with Crippen molar-refractivity contribution < 1.29 is 0 Å². The molecule has 2 fully saturated rings. The quantitative estimate of drug-likeness (QED) is 0.843. The maximum Gasteiger partial charge on any atom is 0.160 e. The van der Waals surface area contributed by atoms with Gasteiger partial charge in [0.15, 0.2) is 5.65 Å². The molecule has 0 N–H and O–H groups in total. The van der Waals surface area contributed by atoms with Gasteiger partial charge in [-0.1, -0.05) is 19.3 Å². The number of fused-ring (bicyclic) bond motifs is 1. The summed E-state index contributed by atoms with van der Waals surface area (Å²) in [6, 6.07) is 5.19. The first kappa shape index (κ1) is 13.3. The Morgan fingerprint density at radius 3 is 2.71 bits per heavy atom. The zero-order chi connectivity index (χ0) is 14.2. The van der Waals surface area contributed by atoms with Crippen molar-refractivity contribution in [2.45, 2.75) is 57.0 Å². The monoisotopic (exact) mass is 284 g/mol. The van der Waals surface area contributed by atoms with Gasteiger partial charge < -0.3 is 4.57 Å². The Kier molecular flexibility index (Phi) is 3.42. The molecule has 0 radical (unpaired) electrons. The van der Waals surface area contributed by atoms with Crippen LogP contribution in [0.2, 0.25) is 0 Å². The number of likely N-dealkylation sites (tertiary alicyclic amines) is 1. The molecule has 1 unspecified atom stereocenters. The maximum atomic E-state index is 4.98. The summed E-state index contributed by atoms with van der Waals surface area (Å²) in [4.78, 5) is 12.1. The number of pyridine rings is 1. The topological polar surface area (TPSA) is 34.0 Å². The molecule has 0 amide bonds. The van der Waals surface area contributed by atoms with Crippen LogP contribution in [-0.4, -0.2) is 33.0 Å². The lowest BCUT2D eigenvalue weighted by Crippen LogP contribution is -2.24. The van der Waals surface area contributed by atoms with Gasteiger partial charge in [-0.2, -0.15) is 0 Å². The maximum absolute atomic E-state index is 4.98. The molecule has 0 bridgehead atoms. The van der Waals surface area contributed by atoms with E-state index in [1.165, 1.54) is 57.3 Å². The number of aromatic nitrogens is 3. The molecule has 2 aliphatic rings. The molecule has 4 rings (SSSR count). The Morgan fingerprint density at radius 1 is 1.10 bits per heavy atom. The van der Waals surface area contributed by atoms with Gasteiger partial charge in [0, 0.05) is 12.2 Å². The van der Waals surface area contributed by atoms with Gasteiger partial charge in [0.1, 0.15) is 11.3 Å². The fourth-order valence-electron chi connectivity index (χ4n) is 4.12. The lowest BCUT2D eigenvalue weighted by atomic mass is 9.95. The van der Waals surface area contributed by atoms with Crippen molar-refractivity contribution in [3.63, 3.8) is 0 Å². The van der Waals surface area contributed by atoms with E-state index < -0.39 is 0 Å². The highest BCUT2D eigenvalue weighted by Gasteiger charge is 2.31. The van der Waals surface area contributed by atoms with E-state index in [1.807, 2.05) is 12.3 Å². The van der Waals surface area contributed by atoms with Crippen LogP contribution in [0.3, 0.4) is 0 Å². The Morgan fingerprint density at radius 2 is 1.95 bits per heavy atom. The summed E-state index contributed by atoms with van der Waals surface area (Å²) in [7, 11) is 2.23. The summed E-state index contributed by atoms with van der Waals surface area (Å²) in [6.45, 7) is 1.19. The molecule has 1 saturated carbocycles. The summed E-state index contributed by atoms with van der Waals surface area (Å²) >= 11 is 0. The molecule has 1 aliphatic heterocycles. The lowest BCUT2D eigenvalue weighted by Gasteiger charge is -2.28. The lowest BCUT2D eigenvalue weighted by molar-refractivity contribution is 0.278. The van der Waals surface area contributed by atoms with Crippen molar-refractivity contribution >= 4 is 11.2 Å². The molecule has 1 aliphatic carbocycles. The van der Waals surface area contributed by atoms with Crippen molar-refractivity contribution in [1.82, 2.24) is 19.4 Å². The SMILES string of the molecule is CN1CCCC1c1nc2cccnc2n1C1CCCCC1. The fourth-order valence-corrected chi connectivity index (χ4v) is 4.12. The molecular weight excluding hydrogens is 260 g/mol. The van der Waals surface area contributed by atoms with Crippen molar-refractivity contribution in [2.75, 3.05) is 13.6 Å². The largest absolute Gasteiger partial charge is 0.308 e. The van der Waals surface area contributed by atoms with Crippen molar-refractivity contribution in [2.24, 2.45) is 0 Å². The van der Waals surface area contributed by atoms with Crippen molar-refractivity contribution in [3.05, 3.63) is 24.2 Å². The Balaban J connectivity index is 1.84. The van der Waals surface area contributed by atoms with E-state index in [2.05, 4.69) is 27.6 Å². The van der Waals surface area contributed by atoms with E-state index >= 15 is 0 Å². The fraction of sp³-hybridized carbons (Fsp3) is 0.647. The molecule has 112 valence electrons. The minimum absolute atomic E-state index is 0.473. The van der Waals surface area contributed by atoms with Crippen LogP contribution in [-0.2, 0) is 0 Å². The number of nitrogens with zero attached hydrogens (tertiary/aromatic N) is 4. The minimum atomic E-state index is 0.473. The Hall–Kier alpha value is -1.42. The summed E-state index contributed by atoms with van der Waals surface area (Å²) < 4.78 is 2.49. The molecule has 0 spiro atoms. The van der Waals surface area contributed by atoms with Gasteiger partial charge in [0.25, 0.3) is 0 Å². The van der Waals surface area contributed by atoms with Crippen LogP contribution in [0, 0.1) is 0 Å². The van der Waals surface area contributed by atoms with Crippen LogP contribution in [0.15, 0.2) is 18.3 Å². The second kappa shape index (κ2) is 5.41. The van der Waals surface area contributed by atoms with E-state index in [1.54, 1.807) is 0 Å². The molecule has 4 nitrogen and oxygen atoms in total. The van der Waals surface area contributed by atoms with Gasteiger partial charge in [0.05, 0.1) is 6.04 Å². The van der Waals surface area contributed by atoms with Crippen LogP contribution < -0.4 is 0 Å². The molecule has 2 aromatic heterocycles. The summed E-state index contributed by atoms with van der Waals surface area (Å²) in [5.41, 5.74) is 2.16. The zero-order valence-electron chi connectivity index (χ0n) is 12.8. The van der Waals surface area contributed by atoms with Gasteiger partial charge in [-0.15, -0.1) is 0 Å². The highest BCUT2D eigenvalue weighted by molar-refractivity contribution is 5.71. The molecule has 2 aromatic rings. The zero-order valence-corrected chi connectivity index (χ0v) is 12.8. The van der Waals surface area contributed by atoms with Gasteiger partial charge >= 0.3 is 0 Å². The molecule has 0 aromatic carbocycles. The third kappa shape index (κ3) is 2.26. The van der Waals surface area contributed by atoms with E-state index in [9.17, 15) is 0 Å². The van der Waals surface area contributed by atoms with Crippen LogP contribution in [0.25, 0.3) is 11.2 Å². The summed E-state index contributed by atoms with van der Waals surface area (Å²) in [5, 5.41) is 0. The van der Waals surface area contributed by atoms with E-state index in [0.717, 1.165) is 11.2 Å². The average Bonchev–Trinajstić information content (AvgIpc) is 3.11. The molecule has 4 heteroatoms. The van der Waals surface area contributed by atoms with Gasteiger partial charge in [0.2, 0.25) is 0 Å². The summed E-state index contributed by atoms with van der Waals surface area (Å²) in [5.74, 6) is 1.26. The van der Waals surface area contributed by atoms with Crippen molar-refractivity contribution in [3.8, 4) is 0 Å². The number of imidazole rings is 1. The molecule has 1 saturated heterocycles. The second-order valence-electron chi connectivity index (χ2n) is 6.62. The smallest absolute Gasteiger partial charge is 0.160 e. The third-order valence-electron chi connectivity index (χ3n) is 5.23. The number of hydrogen-bond acceptors (Lipinski definition) is 3. The Bertz CT molecular complexity index is 627. The molecular formula is C17H24N4. The average molecular weight is 284 g/mol. The first-order chi connectivity index (χ1) is 10.3. The van der Waals surface area contributed by atoms with Crippen LogP contribution >= 0.6 is 0 Å². The first-order valence-electron chi connectivity index (χ1n) is 8.37. The highest BCUT2D eigenvalue weighted by Crippen LogP contribution is 2.37. The molecule has 3 heterocycles. The first-order valence-corrected chi connectivity index (χ1v) is 8.37. The van der Waals surface area contributed by atoms with Gasteiger partial charge in [-0.25, -0.2) is 9.97 Å². The minimum Gasteiger partial charge on any atom is -0.308 e. The predicted molar refractivity (Wildman–Crippen MR) is 84.3 cm³/mol. The number of hydrogen-bond donors (Lipinski definition) is 0. The Labute approximate surface area is 126 Å². The molecule has 1 atom stereocenters. The van der Waals surface area contributed by atoms with E-state index in [4.69, 9.17) is 4.98 Å². The molecule has 21 heavy (non-hydrogen) atoms. The second-order valence-corrected chi connectivity index (χ2v) is 6.62.